The zero-order valence-corrected chi connectivity index (χ0v) is 15.1. The number of hydrogen-bond acceptors (Lipinski definition) is 4. The van der Waals surface area contributed by atoms with Gasteiger partial charge in [0.2, 0.25) is 5.95 Å². The fourth-order valence-electron chi connectivity index (χ4n) is 2.70. The first-order valence-electron chi connectivity index (χ1n) is 8.79. The number of rotatable bonds is 7. The molecule has 1 aromatic heterocycles. The number of anilines is 2. The van der Waals surface area contributed by atoms with Crippen LogP contribution in [-0.4, -0.2) is 16.6 Å². The van der Waals surface area contributed by atoms with Gasteiger partial charge in [0.1, 0.15) is 5.75 Å². The highest BCUT2D eigenvalue weighted by Crippen LogP contribution is 2.20. The number of nitrogens with zero attached hydrogens (tertiary/aromatic N) is 1. The highest BCUT2D eigenvalue weighted by atomic mass is 16.5. The molecule has 134 valence electrons. The third-order valence-electron chi connectivity index (χ3n) is 4.02. The molecule has 0 saturated carbocycles. The maximum Gasteiger partial charge on any atom is 0.256 e. The third-order valence-corrected chi connectivity index (χ3v) is 4.02. The van der Waals surface area contributed by atoms with E-state index in [1.54, 1.807) is 0 Å². The SMILES string of the molecule is CCCOc1cccc(Nc2nc(C)c(Cc3ccccc3)c(=O)[nH]2)c1. The Morgan fingerprint density at radius 2 is 1.92 bits per heavy atom. The van der Waals surface area contributed by atoms with E-state index in [0.29, 0.717) is 24.5 Å². The Labute approximate surface area is 153 Å². The molecule has 0 spiro atoms. The van der Waals surface area contributed by atoms with Crippen molar-refractivity contribution >= 4 is 11.6 Å². The van der Waals surface area contributed by atoms with Crippen LogP contribution in [0.4, 0.5) is 11.6 Å². The number of aromatic nitrogens is 2. The molecule has 5 nitrogen and oxygen atoms in total. The van der Waals surface area contributed by atoms with Gasteiger partial charge in [0.15, 0.2) is 0 Å². The molecular weight excluding hydrogens is 326 g/mol. The molecule has 0 atom stereocenters. The van der Waals surface area contributed by atoms with Crippen LogP contribution >= 0.6 is 0 Å². The average molecular weight is 349 g/mol. The van der Waals surface area contributed by atoms with E-state index in [9.17, 15) is 4.79 Å². The number of aromatic amines is 1. The van der Waals surface area contributed by atoms with E-state index >= 15 is 0 Å². The lowest BCUT2D eigenvalue weighted by Crippen LogP contribution is -2.18. The standard InChI is InChI=1S/C21H23N3O2/c1-3-12-26-18-11-7-10-17(14-18)23-21-22-15(2)19(20(25)24-21)13-16-8-5-4-6-9-16/h4-11,14H,3,12-13H2,1-2H3,(H2,22,23,24,25). The molecular formula is C21H23N3O2. The molecule has 0 unspecified atom stereocenters. The first-order valence-corrected chi connectivity index (χ1v) is 8.79. The van der Waals surface area contributed by atoms with Crippen LogP contribution in [0.3, 0.4) is 0 Å². The minimum Gasteiger partial charge on any atom is -0.494 e. The summed E-state index contributed by atoms with van der Waals surface area (Å²) in [5.74, 6) is 1.22. The van der Waals surface area contributed by atoms with E-state index in [1.165, 1.54) is 0 Å². The van der Waals surface area contributed by atoms with E-state index in [-0.39, 0.29) is 5.56 Å². The Balaban J connectivity index is 1.79. The monoisotopic (exact) mass is 349 g/mol. The van der Waals surface area contributed by atoms with Crippen LogP contribution in [0.2, 0.25) is 0 Å². The molecule has 0 saturated heterocycles. The number of aryl methyl sites for hydroxylation is 1. The van der Waals surface area contributed by atoms with Gasteiger partial charge in [-0.15, -0.1) is 0 Å². The van der Waals surface area contributed by atoms with Gasteiger partial charge in [-0.05, 0) is 31.0 Å². The third kappa shape index (κ3) is 4.51. The van der Waals surface area contributed by atoms with Crippen LogP contribution in [0.25, 0.3) is 0 Å². The lowest BCUT2D eigenvalue weighted by molar-refractivity contribution is 0.317. The lowest BCUT2D eigenvalue weighted by Gasteiger charge is -2.11. The van der Waals surface area contributed by atoms with Gasteiger partial charge in [0, 0.05) is 23.7 Å². The van der Waals surface area contributed by atoms with Crippen LogP contribution in [0, 0.1) is 6.92 Å². The number of ether oxygens (including phenoxy) is 1. The van der Waals surface area contributed by atoms with Crippen LogP contribution in [-0.2, 0) is 6.42 Å². The molecule has 0 aliphatic carbocycles. The van der Waals surface area contributed by atoms with Gasteiger partial charge in [-0.2, -0.15) is 0 Å². The van der Waals surface area contributed by atoms with Crippen molar-refractivity contribution in [3.63, 3.8) is 0 Å². The van der Waals surface area contributed by atoms with Gasteiger partial charge in [0.05, 0.1) is 12.3 Å². The summed E-state index contributed by atoms with van der Waals surface area (Å²) in [6.45, 7) is 4.60. The Hall–Kier alpha value is -3.08. The van der Waals surface area contributed by atoms with Crippen LogP contribution < -0.4 is 15.6 Å². The smallest absolute Gasteiger partial charge is 0.256 e. The fourth-order valence-corrected chi connectivity index (χ4v) is 2.70. The summed E-state index contributed by atoms with van der Waals surface area (Å²) in [7, 11) is 0. The van der Waals surface area contributed by atoms with Crippen molar-refractivity contribution in [1.29, 1.82) is 0 Å². The van der Waals surface area contributed by atoms with Crippen LogP contribution in [0.5, 0.6) is 5.75 Å². The second kappa shape index (κ2) is 8.34. The molecule has 5 heteroatoms. The first-order chi connectivity index (χ1) is 12.7. The van der Waals surface area contributed by atoms with Crippen molar-refractivity contribution in [2.75, 3.05) is 11.9 Å². The second-order valence-corrected chi connectivity index (χ2v) is 6.14. The normalized spacial score (nSPS) is 10.5. The Morgan fingerprint density at radius 1 is 1.12 bits per heavy atom. The summed E-state index contributed by atoms with van der Waals surface area (Å²) in [5, 5.41) is 3.15. The van der Waals surface area contributed by atoms with Crippen molar-refractivity contribution in [2.45, 2.75) is 26.7 Å². The Kier molecular flexibility index (Phi) is 5.69. The summed E-state index contributed by atoms with van der Waals surface area (Å²) in [6.07, 6.45) is 1.52. The highest BCUT2D eigenvalue weighted by molar-refractivity contribution is 5.56. The molecule has 0 fully saturated rings. The summed E-state index contributed by atoms with van der Waals surface area (Å²) in [6, 6.07) is 17.5. The minimum atomic E-state index is -0.123. The molecule has 3 rings (SSSR count). The average Bonchev–Trinajstić information content (AvgIpc) is 2.64. The van der Waals surface area contributed by atoms with Gasteiger partial charge in [0.25, 0.3) is 5.56 Å². The van der Waals surface area contributed by atoms with Gasteiger partial charge < -0.3 is 10.1 Å². The van der Waals surface area contributed by atoms with Crippen molar-refractivity contribution in [3.05, 3.63) is 81.8 Å². The van der Waals surface area contributed by atoms with Gasteiger partial charge in [-0.25, -0.2) is 4.98 Å². The van der Waals surface area contributed by atoms with E-state index < -0.39 is 0 Å². The van der Waals surface area contributed by atoms with E-state index in [2.05, 4.69) is 22.2 Å². The predicted octanol–water partition coefficient (Wildman–Crippen LogP) is 4.20. The van der Waals surface area contributed by atoms with Gasteiger partial charge >= 0.3 is 0 Å². The summed E-state index contributed by atoms with van der Waals surface area (Å²) < 4.78 is 5.63. The molecule has 1 heterocycles. The molecule has 0 aliphatic rings. The van der Waals surface area contributed by atoms with Crippen molar-refractivity contribution in [3.8, 4) is 5.75 Å². The van der Waals surface area contributed by atoms with Crippen molar-refractivity contribution in [1.82, 2.24) is 9.97 Å². The number of benzene rings is 2. The molecule has 0 aliphatic heterocycles. The zero-order valence-electron chi connectivity index (χ0n) is 15.1. The van der Waals surface area contributed by atoms with Gasteiger partial charge in [-0.3, -0.25) is 9.78 Å². The zero-order chi connectivity index (χ0) is 18.4. The fraction of sp³-hybridized carbons (Fsp3) is 0.238. The number of hydrogen-bond donors (Lipinski definition) is 2. The van der Waals surface area contributed by atoms with Crippen LogP contribution in [0.1, 0.15) is 30.2 Å². The quantitative estimate of drug-likeness (QED) is 0.671. The number of nitrogens with one attached hydrogen (secondary N) is 2. The molecule has 0 bridgehead atoms. The van der Waals surface area contributed by atoms with E-state index in [4.69, 9.17) is 4.74 Å². The summed E-state index contributed by atoms with van der Waals surface area (Å²) in [5.41, 5.74) is 3.18. The minimum absolute atomic E-state index is 0.123. The maximum atomic E-state index is 12.5. The van der Waals surface area contributed by atoms with Crippen LogP contribution in [0.15, 0.2) is 59.4 Å². The highest BCUT2D eigenvalue weighted by Gasteiger charge is 2.09. The number of H-pyrrole nitrogens is 1. The Morgan fingerprint density at radius 3 is 2.65 bits per heavy atom. The van der Waals surface area contributed by atoms with E-state index in [1.807, 2.05) is 61.5 Å². The molecule has 2 N–H and O–H groups in total. The second-order valence-electron chi connectivity index (χ2n) is 6.14. The Bertz CT molecular complexity index is 920. The molecule has 26 heavy (non-hydrogen) atoms. The van der Waals surface area contributed by atoms with Crippen molar-refractivity contribution < 1.29 is 4.74 Å². The van der Waals surface area contributed by atoms with Crippen molar-refractivity contribution in [2.24, 2.45) is 0 Å². The largest absolute Gasteiger partial charge is 0.494 e. The summed E-state index contributed by atoms with van der Waals surface area (Å²) in [4.78, 5) is 19.8. The van der Waals surface area contributed by atoms with Gasteiger partial charge in [-0.1, -0.05) is 43.3 Å². The predicted molar refractivity (Wildman–Crippen MR) is 104 cm³/mol. The molecule has 0 radical (unpaired) electrons. The maximum absolute atomic E-state index is 12.5. The lowest BCUT2D eigenvalue weighted by atomic mass is 10.1. The first kappa shape index (κ1) is 17.7. The topological polar surface area (TPSA) is 67.0 Å². The molecule has 0 amide bonds. The summed E-state index contributed by atoms with van der Waals surface area (Å²) >= 11 is 0. The molecule has 3 aromatic rings. The molecule has 2 aromatic carbocycles. The van der Waals surface area contributed by atoms with E-state index in [0.717, 1.165) is 29.1 Å².